The van der Waals surface area contributed by atoms with Crippen LogP contribution in [0.1, 0.15) is 35.5 Å². The number of hydrogen-bond donors (Lipinski definition) is 1. The van der Waals surface area contributed by atoms with Crippen molar-refractivity contribution in [3.63, 3.8) is 0 Å². The molecule has 1 aliphatic rings. The fourth-order valence-corrected chi connectivity index (χ4v) is 5.70. The van der Waals surface area contributed by atoms with Crippen LogP contribution in [0, 0.1) is 5.92 Å². The number of nitrogens with zero attached hydrogens (tertiary/aromatic N) is 4. The fourth-order valence-electron chi connectivity index (χ4n) is 5.70. The summed E-state index contributed by atoms with van der Waals surface area (Å²) in [6, 6.07) is 20.1. The summed E-state index contributed by atoms with van der Waals surface area (Å²) in [7, 11) is 4.05. The van der Waals surface area contributed by atoms with Crippen molar-refractivity contribution in [2.45, 2.75) is 39.1 Å². The maximum atomic E-state index is 14.4. The molecule has 2 aromatic carbocycles. The molecule has 0 spiro atoms. The van der Waals surface area contributed by atoms with Crippen molar-refractivity contribution >= 4 is 16.8 Å². The van der Waals surface area contributed by atoms with Crippen molar-refractivity contribution in [2.75, 3.05) is 26.7 Å². The molecule has 39 heavy (non-hydrogen) atoms. The maximum Gasteiger partial charge on any atom is 0.271 e. The van der Waals surface area contributed by atoms with E-state index in [0.717, 1.165) is 34.1 Å². The van der Waals surface area contributed by atoms with E-state index < -0.39 is 0 Å². The molecule has 0 unspecified atom stereocenters. The Balaban J connectivity index is 1.58. The lowest BCUT2D eigenvalue weighted by Gasteiger charge is -2.35. The number of amides is 1. The zero-order chi connectivity index (χ0) is 27.5. The molecule has 0 fully saturated rings. The fraction of sp³-hybridized carbons (Fsp3) is 0.375. The Morgan fingerprint density at radius 1 is 1.10 bits per heavy atom. The van der Waals surface area contributed by atoms with E-state index in [1.54, 1.807) is 0 Å². The van der Waals surface area contributed by atoms with Gasteiger partial charge in [-0.25, -0.2) is 0 Å². The van der Waals surface area contributed by atoms with Crippen molar-refractivity contribution < 1.29 is 14.6 Å². The summed E-state index contributed by atoms with van der Waals surface area (Å²) in [6.07, 6.45) is 3.50. The molecule has 7 heteroatoms. The quantitative estimate of drug-likeness (QED) is 0.393. The van der Waals surface area contributed by atoms with Crippen LogP contribution in [-0.2, 0) is 24.9 Å². The van der Waals surface area contributed by atoms with Crippen LogP contribution in [0.5, 0.6) is 0 Å². The van der Waals surface area contributed by atoms with Gasteiger partial charge in [0.25, 0.3) is 5.91 Å². The van der Waals surface area contributed by atoms with Gasteiger partial charge >= 0.3 is 0 Å². The van der Waals surface area contributed by atoms with Crippen LogP contribution in [0.3, 0.4) is 0 Å². The second-order valence-corrected chi connectivity index (χ2v) is 10.8. The Kier molecular flexibility index (Phi) is 8.12. The highest BCUT2D eigenvalue weighted by molar-refractivity contribution is 6.10. The molecule has 0 bridgehead atoms. The number of aryl methyl sites for hydroxylation is 1. The Hall–Kier alpha value is -3.52. The first-order chi connectivity index (χ1) is 18.9. The zero-order valence-corrected chi connectivity index (χ0v) is 23.2. The van der Waals surface area contributed by atoms with Crippen LogP contribution in [-0.4, -0.2) is 69.3 Å². The Labute approximate surface area is 230 Å². The average Bonchev–Trinajstić information content (AvgIpc) is 3.24. The number of likely N-dealkylation sites (N-methyl/N-ethyl adjacent to an activating group) is 1. The molecule has 204 valence electrons. The molecule has 3 heterocycles. The van der Waals surface area contributed by atoms with E-state index in [9.17, 15) is 9.90 Å². The van der Waals surface area contributed by atoms with Crippen LogP contribution < -0.4 is 0 Å². The summed E-state index contributed by atoms with van der Waals surface area (Å²) in [6.45, 7) is 6.34. The van der Waals surface area contributed by atoms with Crippen LogP contribution >= 0.6 is 0 Å². The summed E-state index contributed by atoms with van der Waals surface area (Å²) in [5.74, 6) is -0.0380. The third-order valence-electron chi connectivity index (χ3n) is 7.92. The largest absolute Gasteiger partial charge is 0.394 e. The molecule has 0 saturated carbocycles. The number of carbonyl (C=O) groups excluding carboxylic acids is 1. The Morgan fingerprint density at radius 3 is 2.59 bits per heavy atom. The SMILES string of the molecule is C[C@@H]1CN([C@H](C)CO)C(=O)c2c(c3ccccc3n2C)-c2ccccc2CO[C@@H]1CN(C)Cc1ccncc1. The number of aromatic nitrogens is 2. The third-order valence-corrected chi connectivity index (χ3v) is 7.92. The van der Waals surface area contributed by atoms with E-state index in [2.05, 4.69) is 48.1 Å². The van der Waals surface area contributed by atoms with Gasteiger partial charge in [-0.1, -0.05) is 49.4 Å². The van der Waals surface area contributed by atoms with Crippen molar-refractivity contribution in [3.8, 4) is 11.1 Å². The molecular weight excluding hydrogens is 488 g/mol. The highest BCUT2D eigenvalue weighted by Crippen LogP contribution is 2.38. The molecule has 2 aromatic heterocycles. The lowest BCUT2D eigenvalue weighted by Crippen LogP contribution is -2.47. The molecule has 0 radical (unpaired) electrons. The van der Waals surface area contributed by atoms with Crippen molar-refractivity contribution in [1.29, 1.82) is 0 Å². The number of pyridine rings is 1. The lowest BCUT2D eigenvalue weighted by atomic mass is 9.96. The number of hydrogen-bond acceptors (Lipinski definition) is 5. The van der Waals surface area contributed by atoms with Gasteiger partial charge in [0, 0.05) is 61.5 Å². The van der Waals surface area contributed by atoms with Crippen LogP contribution in [0.15, 0.2) is 73.1 Å². The molecule has 1 N–H and O–H groups in total. The summed E-state index contributed by atoms with van der Waals surface area (Å²) in [5, 5.41) is 11.2. The maximum absolute atomic E-state index is 14.4. The van der Waals surface area contributed by atoms with Crippen LogP contribution in [0.25, 0.3) is 22.0 Å². The minimum absolute atomic E-state index is 0.0336. The number of carbonyl (C=O) groups is 1. The van der Waals surface area contributed by atoms with E-state index in [0.29, 0.717) is 25.4 Å². The highest BCUT2D eigenvalue weighted by atomic mass is 16.5. The summed E-state index contributed by atoms with van der Waals surface area (Å²) >= 11 is 0. The van der Waals surface area contributed by atoms with E-state index in [4.69, 9.17) is 4.74 Å². The van der Waals surface area contributed by atoms with E-state index in [-0.39, 0.29) is 30.6 Å². The third kappa shape index (κ3) is 5.48. The van der Waals surface area contributed by atoms with Gasteiger partial charge in [-0.3, -0.25) is 14.7 Å². The second kappa shape index (κ2) is 11.7. The molecule has 4 aromatic rings. The minimum atomic E-state index is -0.336. The van der Waals surface area contributed by atoms with E-state index in [1.807, 2.05) is 72.2 Å². The highest BCUT2D eigenvalue weighted by Gasteiger charge is 2.33. The predicted octanol–water partition coefficient (Wildman–Crippen LogP) is 4.73. The van der Waals surface area contributed by atoms with Gasteiger partial charge in [0.05, 0.1) is 25.4 Å². The molecule has 1 amide bonds. The number of aliphatic hydroxyl groups excluding tert-OH is 1. The van der Waals surface area contributed by atoms with Crippen molar-refractivity contribution in [2.24, 2.45) is 13.0 Å². The van der Waals surface area contributed by atoms with E-state index >= 15 is 0 Å². The Morgan fingerprint density at radius 2 is 1.82 bits per heavy atom. The van der Waals surface area contributed by atoms with Gasteiger partial charge in [0.1, 0.15) is 5.69 Å². The summed E-state index contributed by atoms with van der Waals surface area (Å²) in [5.41, 5.74) is 5.82. The first-order valence-electron chi connectivity index (χ1n) is 13.7. The first kappa shape index (κ1) is 27.1. The monoisotopic (exact) mass is 526 g/mol. The number of ether oxygens (including phenoxy) is 1. The normalized spacial score (nSPS) is 19.0. The number of fused-ring (bicyclic) bond motifs is 5. The average molecular weight is 527 g/mol. The molecule has 7 nitrogen and oxygen atoms in total. The molecule has 3 atom stereocenters. The number of benzene rings is 2. The zero-order valence-electron chi connectivity index (χ0n) is 23.2. The molecular formula is C32H38N4O3. The van der Waals surface area contributed by atoms with Crippen molar-refractivity contribution in [1.82, 2.24) is 19.4 Å². The summed E-state index contributed by atoms with van der Waals surface area (Å²) < 4.78 is 8.69. The van der Waals surface area contributed by atoms with E-state index in [1.165, 1.54) is 5.56 Å². The summed E-state index contributed by atoms with van der Waals surface area (Å²) in [4.78, 5) is 22.6. The smallest absolute Gasteiger partial charge is 0.271 e. The van der Waals surface area contributed by atoms with Gasteiger partial charge < -0.3 is 19.3 Å². The van der Waals surface area contributed by atoms with Gasteiger partial charge in [-0.2, -0.15) is 0 Å². The Bertz CT molecular complexity index is 1430. The van der Waals surface area contributed by atoms with Crippen molar-refractivity contribution in [3.05, 3.63) is 89.9 Å². The number of rotatable bonds is 6. The first-order valence-corrected chi connectivity index (χ1v) is 13.7. The number of para-hydroxylation sites is 1. The minimum Gasteiger partial charge on any atom is -0.394 e. The molecule has 5 rings (SSSR count). The molecule has 1 aliphatic heterocycles. The second-order valence-electron chi connectivity index (χ2n) is 10.8. The van der Waals surface area contributed by atoms with Crippen LogP contribution in [0.2, 0.25) is 0 Å². The standard InChI is InChI=1S/C32H38N4O3/c1-22-17-36(23(2)20-37)32(38)31-30(27-11-7-8-12-28(27)35(31)4)26-10-6-5-9-25(26)21-39-29(22)19-34(3)18-24-13-15-33-16-14-24/h5-16,22-23,29,37H,17-21H2,1-4H3/t22-,23-,29-/m1/s1. The van der Waals surface area contributed by atoms with Gasteiger partial charge in [0.15, 0.2) is 0 Å². The van der Waals surface area contributed by atoms with Gasteiger partial charge in [-0.05, 0) is 48.9 Å². The lowest BCUT2D eigenvalue weighted by molar-refractivity contribution is -0.0242. The molecule has 0 aliphatic carbocycles. The topological polar surface area (TPSA) is 70.8 Å². The molecule has 0 saturated heterocycles. The van der Waals surface area contributed by atoms with Gasteiger partial charge in [-0.15, -0.1) is 0 Å². The number of aliphatic hydroxyl groups is 1. The predicted molar refractivity (Wildman–Crippen MR) is 154 cm³/mol. The van der Waals surface area contributed by atoms with Gasteiger partial charge in [0.2, 0.25) is 0 Å². The van der Waals surface area contributed by atoms with Crippen LogP contribution in [0.4, 0.5) is 0 Å².